The minimum absolute atomic E-state index is 0.143. The molecule has 0 spiro atoms. The van der Waals surface area contributed by atoms with E-state index >= 15 is 0 Å². The van der Waals surface area contributed by atoms with Crippen LogP contribution in [0.5, 0.6) is 0 Å². The number of H-pyrrole nitrogens is 1. The SMILES string of the molecule is CNC(Cc1ccn(C(C)C)n1)c1cn[nH]n1. The number of aromatic amines is 1. The van der Waals surface area contributed by atoms with Crippen molar-refractivity contribution in [3.8, 4) is 0 Å². The molecule has 2 heterocycles. The van der Waals surface area contributed by atoms with Gasteiger partial charge in [-0.05, 0) is 27.0 Å². The Labute approximate surface area is 100 Å². The Morgan fingerprint density at radius 1 is 1.47 bits per heavy atom. The van der Waals surface area contributed by atoms with Crippen molar-refractivity contribution in [3.63, 3.8) is 0 Å². The fraction of sp³-hybridized carbons (Fsp3) is 0.545. The highest BCUT2D eigenvalue weighted by Gasteiger charge is 2.14. The average Bonchev–Trinajstić information content (AvgIpc) is 2.96. The molecule has 0 aromatic carbocycles. The quantitative estimate of drug-likeness (QED) is 0.812. The van der Waals surface area contributed by atoms with Crippen molar-refractivity contribution >= 4 is 0 Å². The zero-order valence-electron chi connectivity index (χ0n) is 10.4. The van der Waals surface area contributed by atoms with E-state index in [1.165, 1.54) is 0 Å². The number of likely N-dealkylation sites (N-methyl/N-ethyl adjacent to an activating group) is 1. The van der Waals surface area contributed by atoms with Crippen LogP contribution in [0.1, 0.15) is 37.3 Å². The summed E-state index contributed by atoms with van der Waals surface area (Å²) < 4.78 is 1.96. The van der Waals surface area contributed by atoms with Crippen LogP contribution in [-0.2, 0) is 6.42 Å². The first kappa shape index (κ1) is 11.8. The van der Waals surface area contributed by atoms with Gasteiger partial charge in [-0.2, -0.15) is 20.5 Å². The van der Waals surface area contributed by atoms with Crippen LogP contribution in [0.3, 0.4) is 0 Å². The minimum atomic E-state index is 0.143. The molecular weight excluding hydrogens is 216 g/mol. The summed E-state index contributed by atoms with van der Waals surface area (Å²) in [6, 6.07) is 2.58. The monoisotopic (exact) mass is 234 g/mol. The van der Waals surface area contributed by atoms with Crippen LogP contribution in [0.15, 0.2) is 18.5 Å². The van der Waals surface area contributed by atoms with Gasteiger partial charge in [-0.15, -0.1) is 0 Å². The lowest BCUT2D eigenvalue weighted by Gasteiger charge is -2.11. The largest absolute Gasteiger partial charge is 0.311 e. The molecule has 2 aromatic heterocycles. The third kappa shape index (κ3) is 2.71. The molecule has 17 heavy (non-hydrogen) atoms. The Kier molecular flexibility index (Phi) is 3.53. The van der Waals surface area contributed by atoms with Gasteiger partial charge in [0.25, 0.3) is 0 Å². The summed E-state index contributed by atoms with van der Waals surface area (Å²) in [7, 11) is 1.92. The zero-order chi connectivity index (χ0) is 12.3. The highest BCUT2D eigenvalue weighted by molar-refractivity contribution is 5.08. The van der Waals surface area contributed by atoms with Gasteiger partial charge in [0, 0.05) is 18.7 Å². The number of hydrogen-bond acceptors (Lipinski definition) is 4. The predicted molar refractivity (Wildman–Crippen MR) is 64.5 cm³/mol. The number of aromatic nitrogens is 5. The highest BCUT2D eigenvalue weighted by Crippen LogP contribution is 2.14. The van der Waals surface area contributed by atoms with Gasteiger partial charge >= 0.3 is 0 Å². The molecule has 2 N–H and O–H groups in total. The van der Waals surface area contributed by atoms with E-state index < -0.39 is 0 Å². The second kappa shape index (κ2) is 5.09. The number of nitrogens with one attached hydrogen (secondary N) is 2. The van der Waals surface area contributed by atoms with E-state index in [1.807, 2.05) is 24.0 Å². The Bertz CT molecular complexity index is 444. The van der Waals surface area contributed by atoms with Crippen molar-refractivity contribution in [2.45, 2.75) is 32.4 Å². The molecule has 1 unspecified atom stereocenters. The average molecular weight is 234 g/mol. The van der Waals surface area contributed by atoms with Gasteiger partial charge in [0.15, 0.2) is 0 Å². The lowest BCUT2D eigenvalue weighted by molar-refractivity contribution is 0.512. The van der Waals surface area contributed by atoms with Gasteiger partial charge in [-0.1, -0.05) is 0 Å². The second-order valence-corrected chi connectivity index (χ2v) is 4.32. The van der Waals surface area contributed by atoms with E-state index in [9.17, 15) is 0 Å². The molecule has 0 amide bonds. The Balaban J connectivity index is 2.08. The Morgan fingerprint density at radius 3 is 2.82 bits per heavy atom. The van der Waals surface area contributed by atoms with E-state index in [-0.39, 0.29) is 6.04 Å². The molecule has 2 rings (SSSR count). The van der Waals surface area contributed by atoms with Gasteiger partial charge in [-0.25, -0.2) is 0 Å². The predicted octanol–water partition coefficient (Wildman–Crippen LogP) is 1.09. The van der Waals surface area contributed by atoms with Gasteiger partial charge in [0.1, 0.15) is 0 Å². The van der Waals surface area contributed by atoms with Gasteiger partial charge < -0.3 is 5.32 Å². The fourth-order valence-electron chi connectivity index (χ4n) is 1.72. The summed E-state index contributed by atoms with van der Waals surface area (Å²) >= 11 is 0. The maximum atomic E-state index is 4.53. The molecule has 0 fully saturated rings. The molecule has 0 radical (unpaired) electrons. The van der Waals surface area contributed by atoms with Gasteiger partial charge in [-0.3, -0.25) is 4.68 Å². The number of hydrogen-bond donors (Lipinski definition) is 2. The molecule has 92 valence electrons. The van der Waals surface area contributed by atoms with Crippen LogP contribution in [0.25, 0.3) is 0 Å². The van der Waals surface area contributed by atoms with Crippen LogP contribution in [0, 0.1) is 0 Å². The lowest BCUT2D eigenvalue weighted by Crippen LogP contribution is -2.19. The molecule has 0 saturated carbocycles. The van der Waals surface area contributed by atoms with Gasteiger partial charge in [0.05, 0.1) is 23.6 Å². The molecule has 2 aromatic rings. The normalized spacial score (nSPS) is 13.2. The van der Waals surface area contributed by atoms with E-state index in [2.05, 4.69) is 39.7 Å². The van der Waals surface area contributed by atoms with Gasteiger partial charge in [0.2, 0.25) is 0 Å². The highest BCUT2D eigenvalue weighted by atomic mass is 15.3. The summed E-state index contributed by atoms with van der Waals surface area (Å²) in [6.45, 7) is 4.23. The van der Waals surface area contributed by atoms with E-state index in [0.29, 0.717) is 6.04 Å². The smallest absolute Gasteiger partial charge is 0.0997 e. The standard InChI is InChI=1S/C11H18N6/c1-8(2)17-5-4-9(15-17)6-10(12-3)11-7-13-16-14-11/h4-5,7-8,10,12H,6H2,1-3H3,(H,13,14,16). The summed E-state index contributed by atoms with van der Waals surface area (Å²) in [5.74, 6) is 0. The topological polar surface area (TPSA) is 71.4 Å². The maximum Gasteiger partial charge on any atom is 0.0997 e. The van der Waals surface area contributed by atoms with Crippen LogP contribution in [-0.4, -0.2) is 32.2 Å². The first-order chi connectivity index (χ1) is 8.20. The van der Waals surface area contributed by atoms with Crippen molar-refractivity contribution in [2.75, 3.05) is 7.05 Å². The molecular formula is C11H18N6. The lowest BCUT2D eigenvalue weighted by atomic mass is 10.1. The van der Waals surface area contributed by atoms with Crippen molar-refractivity contribution in [1.29, 1.82) is 0 Å². The van der Waals surface area contributed by atoms with Crippen LogP contribution in [0.2, 0.25) is 0 Å². The molecule has 6 nitrogen and oxygen atoms in total. The summed E-state index contributed by atoms with van der Waals surface area (Å²) in [6.07, 6.45) is 4.55. The van der Waals surface area contributed by atoms with Crippen molar-refractivity contribution < 1.29 is 0 Å². The van der Waals surface area contributed by atoms with Crippen molar-refractivity contribution in [1.82, 2.24) is 30.5 Å². The number of rotatable bonds is 5. The number of nitrogens with zero attached hydrogens (tertiary/aromatic N) is 4. The zero-order valence-corrected chi connectivity index (χ0v) is 10.4. The first-order valence-corrected chi connectivity index (χ1v) is 5.77. The minimum Gasteiger partial charge on any atom is -0.311 e. The first-order valence-electron chi connectivity index (χ1n) is 5.77. The Morgan fingerprint density at radius 2 is 2.29 bits per heavy atom. The summed E-state index contributed by atoms with van der Waals surface area (Å²) in [5.41, 5.74) is 1.97. The molecule has 0 aliphatic rings. The molecule has 0 bridgehead atoms. The Hall–Kier alpha value is -1.69. The summed E-state index contributed by atoms with van der Waals surface area (Å²) in [4.78, 5) is 0. The van der Waals surface area contributed by atoms with Crippen molar-refractivity contribution in [3.05, 3.63) is 29.8 Å². The van der Waals surface area contributed by atoms with Crippen molar-refractivity contribution in [2.24, 2.45) is 0 Å². The third-order valence-corrected chi connectivity index (χ3v) is 2.75. The third-order valence-electron chi connectivity index (χ3n) is 2.75. The summed E-state index contributed by atoms with van der Waals surface area (Å²) in [5, 5.41) is 18.3. The van der Waals surface area contributed by atoms with Crippen LogP contribution >= 0.6 is 0 Å². The van der Waals surface area contributed by atoms with Crippen LogP contribution < -0.4 is 5.32 Å². The second-order valence-electron chi connectivity index (χ2n) is 4.32. The molecule has 0 saturated heterocycles. The molecule has 0 aliphatic heterocycles. The molecule has 0 aliphatic carbocycles. The van der Waals surface area contributed by atoms with E-state index in [4.69, 9.17) is 0 Å². The van der Waals surface area contributed by atoms with Crippen LogP contribution in [0.4, 0.5) is 0 Å². The molecule has 1 atom stereocenters. The van der Waals surface area contributed by atoms with E-state index in [0.717, 1.165) is 17.8 Å². The van der Waals surface area contributed by atoms with E-state index in [1.54, 1.807) is 6.20 Å². The maximum absolute atomic E-state index is 4.53. The fourth-order valence-corrected chi connectivity index (χ4v) is 1.72. The molecule has 6 heteroatoms.